The molecule has 3 rings (SSSR count). The number of rotatable bonds is 1. The fourth-order valence-corrected chi connectivity index (χ4v) is 3.34. The molecule has 1 aliphatic carbocycles. The lowest BCUT2D eigenvalue weighted by Crippen LogP contribution is -2.45. The van der Waals surface area contributed by atoms with Gasteiger partial charge in [-0.25, -0.2) is 0 Å². The first-order valence-electron chi connectivity index (χ1n) is 6.49. The van der Waals surface area contributed by atoms with Crippen LogP contribution in [0.3, 0.4) is 0 Å². The normalized spacial score (nSPS) is 30.8. The van der Waals surface area contributed by atoms with E-state index in [1.165, 1.54) is 25.7 Å². The lowest BCUT2D eigenvalue weighted by atomic mass is 9.81. The highest BCUT2D eigenvalue weighted by Crippen LogP contribution is 2.39. The zero-order chi connectivity index (χ0) is 11.8. The molecule has 1 saturated carbocycles. The first-order chi connectivity index (χ1) is 8.26. The van der Waals surface area contributed by atoms with Crippen LogP contribution in [-0.4, -0.2) is 12.1 Å². The van der Waals surface area contributed by atoms with E-state index in [1.807, 2.05) is 6.07 Å². The van der Waals surface area contributed by atoms with Crippen LogP contribution in [0.5, 0.6) is 5.75 Å². The highest BCUT2D eigenvalue weighted by Gasteiger charge is 2.34. The summed E-state index contributed by atoms with van der Waals surface area (Å²) in [5, 5.41) is 3.65. The first-order valence-corrected chi connectivity index (χ1v) is 7.28. The SMILES string of the molecule is CCC1CCC2Oc3ccc(Br)cc3NC2C1. The van der Waals surface area contributed by atoms with Crippen LogP contribution in [0, 0.1) is 5.92 Å². The molecule has 0 aromatic heterocycles. The molecule has 3 unspecified atom stereocenters. The minimum Gasteiger partial charge on any atom is -0.486 e. The predicted molar refractivity (Wildman–Crippen MR) is 73.6 cm³/mol. The molecule has 1 N–H and O–H groups in total. The average molecular weight is 296 g/mol. The van der Waals surface area contributed by atoms with Crippen LogP contribution >= 0.6 is 15.9 Å². The van der Waals surface area contributed by atoms with Crippen molar-refractivity contribution in [3.63, 3.8) is 0 Å². The van der Waals surface area contributed by atoms with E-state index in [-0.39, 0.29) is 0 Å². The third-order valence-corrected chi connectivity index (χ3v) is 4.53. The molecular formula is C14H18BrNO. The molecule has 0 radical (unpaired) electrons. The molecule has 1 aliphatic heterocycles. The van der Waals surface area contributed by atoms with Crippen molar-refractivity contribution < 1.29 is 4.74 Å². The molecule has 1 aromatic carbocycles. The van der Waals surface area contributed by atoms with Crippen LogP contribution in [0.2, 0.25) is 0 Å². The molecule has 2 nitrogen and oxygen atoms in total. The fourth-order valence-electron chi connectivity index (χ4n) is 2.97. The Hall–Kier alpha value is -0.700. The van der Waals surface area contributed by atoms with Gasteiger partial charge in [-0.15, -0.1) is 0 Å². The number of hydrogen-bond donors (Lipinski definition) is 1. The number of hydrogen-bond acceptors (Lipinski definition) is 2. The maximum absolute atomic E-state index is 6.10. The molecule has 3 atom stereocenters. The number of fused-ring (bicyclic) bond motifs is 2. The molecule has 3 heteroatoms. The highest BCUT2D eigenvalue weighted by molar-refractivity contribution is 9.10. The summed E-state index contributed by atoms with van der Waals surface area (Å²) in [4.78, 5) is 0. The summed E-state index contributed by atoms with van der Waals surface area (Å²) in [5.41, 5.74) is 1.14. The van der Waals surface area contributed by atoms with Crippen molar-refractivity contribution in [3.05, 3.63) is 22.7 Å². The summed E-state index contributed by atoms with van der Waals surface area (Å²) in [6.07, 6.45) is 5.40. The Bertz CT molecular complexity index is 421. The highest BCUT2D eigenvalue weighted by atomic mass is 79.9. The number of ether oxygens (including phenoxy) is 1. The van der Waals surface area contributed by atoms with E-state index in [9.17, 15) is 0 Å². The monoisotopic (exact) mass is 295 g/mol. The topological polar surface area (TPSA) is 21.3 Å². The molecule has 1 fully saturated rings. The Labute approximate surface area is 111 Å². The third-order valence-electron chi connectivity index (χ3n) is 4.03. The van der Waals surface area contributed by atoms with Crippen molar-refractivity contribution in [2.75, 3.05) is 5.32 Å². The molecule has 0 saturated heterocycles. The second-order valence-electron chi connectivity index (χ2n) is 5.13. The van der Waals surface area contributed by atoms with E-state index in [4.69, 9.17) is 4.74 Å². The second kappa shape index (κ2) is 4.52. The van der Waals surface area contributed by atoms with Gasteiger partial charge in [-0.1, -0.05) is 29.3 Å². The standard InChI is InChI=1S/C14H18BrNO/c1-2-9-3-5-13-11(7-9)16-12-8-10(15)4-6-14(12)17-13/h4,6,8-9,11,13,16H,2-3,5,7H2,1H3. The largest absolute Gasteiger partial charge is 0.486 e. The van der Waals surface area contributed by atoms with Crippen LogP contribution in [0.25, 0.3) is 0 Å². The quantitative estimate of drug-likeness (QED) is 0.838. The van der Waals surface area contributed by atoms with Gasteiger partial charge in [-0.2, -0.15) is 0 Å². The molecule has 0 spiro atoms. The van der Waals surface area contributed by atoms with Gasteiger partial charge in [-0.05, 0) is 43.4 Å². The summed E-state index contributed by atoms with van der Waals surface area (Å²) in [5.74, 6) is 1.87. The molecule has 92 valence electrons. The van der Waals surface area contributed by atoms with E-state index in [0.29, 0.717) is 12.1 Å². The molecule has 2 aliphatic rings. The Balaban J connectivity index is 1.83. The van der Waals surface area contributed by atoms with Crippen LogP contribution in [0.15, 0.2) is 22.7 Å². The van der Waals surface area contributed by atoms with Gasteiger partial charge in [0.1, 0.15) is 11.9 Å². The van der Waals surface area contributed by atoms with Gasteiger partial charge in [0.05, 0.1) is 11.7 Å². The fraction of sp³-hybridized carbons (Fsp3) is 0.571. The van der Waals surface area contributed by atoms with Gasteiger partial charge in [0, 0.05) is 4.47 Å². The minimum atomic E-state index is 0.367. The van der Waals surface area contributed by atoms with Crippen molar-refractivity contribution in [2.24, 2.45) is 5.92 Å². The molecule has 0 bridgehead atoms. The molecule has 0 amide bonds. The molecule has 17 heavy (non-hydrogen) atoms. The van der Waals surface area contributed by atoms with E-state index in [0.717, 1.165) is 21.8 Å². The van der Waals surface area contributed by atoms with Crippen molar-refractivity contribution in [3.8, 4) is 5.75 Å². The number of nitrogens with one attached hydrogen (secondary N) is 1. The van der Waals surface area contributed by atoms with Gasteiger partial charge in [-0.3, -0.25) is 0 Å². The smallest absolute Gasteiger partial charge is 0.143 e. The summed E-state index contributed by atoms with van der Waals surface area (Å²) >= 11 is 3.51. The Morgan fingerprint density at radius 3 is 3.12 bits per heavy atom. The molecular weight excluding hydrogens is 278 g/mol. The zero-order valence-electron chi connectivity index (χ0n) is 10.1. The summed E-state index contributed by atoms with van der Waals surface area (Å²) < 4.78 is 7.21. The summed E-state index contributed by atoms with van der Waals surface area (Å²) in [7, 11) is 0. The number of halogens is 1. The van der Waals surface area contributed by atoms with Gasteiger partial charge >= 0.3 is 0 Å². The second-order valence-corrected chi connectivity index (χ2v) is 6.05. The van der Waals surface area contributed by atoms with E-state index in [2.05, 4.69) is 40.3 Å². The lowest BCUT2D eigenvalue weighted by Gasteiger charge is -2.40. The van der Waals surface area contributed by atoms with Crippen LogP contribution < -0.4 is 10.1 Å². The van der Waals surface area contributed by atoms with Gasteiger partial charge in [0.15, 0.2) is 0 Å². The molecule has 1 aromatic rings. The van der Waals surface area contributed by atoms with Crippen molar-refractivity contribution >= 4 is 21.6 Å². The van der Waals surface area contributed by atoms with Crippen LogP contribution in [-0.2, 0) is 0 Å². The Morgan fingerprint density at radius 1 is 1.41 bits per heavy atom. The summed E-state index contributed by atoms with van der Waals surface area (Å²) in [6.45, 7) is 2.29. The number of benzene rings is 1. The van der Waals surface area contributed by atoms with Crippen molar-refractivity contribution in [1.29, 1.82) is 0 Å². The summed E-state index contributed by atoms with van der Waals surface area (Å²) in [6, 6.07) is 6.70. The molecule has 1 heterocycles. The van der Waals surface area contributed by atoms with Gasteiger partial charge in [0.25, 0.3) is 0 Å². The maximum atomic E-state index is 6.10. The van der Waals surface area contributed by atoms with Crippen molar-refractivity contribution in [1.82, 2.24) is 0 Å². The Morgan fingerprint density at radius 2 is 2.29 bits per heavy atom. The number of anilines is 1. The third kappa shape index (κ3) is 2.17. The maximum Gasteiger partial charge on any atom is 0.143 e. The minimum absolute atomic E-state index is 0.367. The Kier molecular flexibility index (Phi) is 3.03. The first kappa shape index (κ1) is 11.4. The van der Waals surface area contributed by atoms with Gasteiger partial charge in [0.2, 0.25) is 0 Å². The van der Waals surface area contributed by atoms with Crippen LogP contribution in [0.4, 0.5) is 5.69 Å². The predicted octanol–water partition coefficient (Wildman–Crippen LogP) is 4.20. The van der Waals surface area contributed by atoms with Crippen LogP contribution in [0.1, 0.15) is 32.6 Å². The average Bonchev–Trinajstić information content (AvgIpc) is 2.35. The van der Waals surface area contributed by atoms with Gasteiger partial charge < -0.3 is 10.1 Å². The van der Waals surface area contributed by atoms with Crippen molar-refractivity contribution in [2.45, 2.75) is 44.8 Å². The zero-order valence-corrected chi connectivity index (χ0v) is 11.7. The lowest BCUT2D eigenvalue weighted by molar-refractivity contribution is 0.107. The van der Waals surface area contributed by atoms with E-state index in [1.54, 1.807) is 0 Å². The van der Waals surface area contributed by atoms with E-state index < -0.39 is 0 Å². The van der Waals surface area contributed by atoms with E-state index >= 15 is 0 Å².